The van der Waals surface area contributed by atoms with Crippen LogP contribution in [0.1, 0.15) is 12.0 Å². The number of methoxy groups -OCH3 is 1. The molecule has 7 heteroatoms. The van der Waals surface area contributed by atoms with Gasteiger partial charge in [-0.15, -0.1) is 0 Å². The van der Waals surface area contributed by atoms with Gasteiger partial charge in [0.25, 0.3) is 0 Å². The van der Waals surface area contributed by atoms with Crippen LogP contribution >= 0.6 is 0 Å². The Bertz CT molecular complexity index is 561. The van der Waals surface area contributed by atoms with Crippen molar-refractivity contribution in [1.82, 2.24) is 4.90 Å². The number of rotatable bonds is 5. The van der Waals surface area contributed by atoms with E-state index in [9.17, 15) is 4.79 Å². The largest absolute Gasteiger partial charge is 0.493 e. The first-order valence-corrected chi connectivity index (χ1v) is 7.17. The predicted octanol–water partition coefficient (Wildman–Crippen LogP) is 1.10. The minimum Gasteiger partial charge on any atom is -0.493 e. The smallest absolute Gasteiger partial charge is 0.305 e. The molecule has 2 heterocycles. The number of morpholine rings is 1. The molecule has 1 saturated heterocycles. The second-order valence-electron chi connectivity index (χ2n) is 5.33. The third kappa shape index (κ3) is 3.10. The molecule has 0 saturated carbocycles. The maximum atomic E-state index is 11.0. The SMILES string of the molecule is COc1cc(CN2CCOC[C@@H]2CC(=O)O)cc2c1OCO2. The molecule has 2 aliphatic heterocycles. The Labute approximate surface area is 128 Å². The van der Waals surface area contributed by atoms with Crippen molar-refractivity contribution in [1.29, 1.82) is 0 Å². The lowest BCUT2D eigenvalue weighted by molar-refractivity contribution is -0.140. The number of carboxylic acid groups (broad SMARTS) is 1. The minimum atomic E-state index is -0.816. The van der Waals surface area contributed by atoms with Gasteiger partial charge in [0.2, 0.25) is 12.5 Å². The predicted molar refractivity (Wildman–Crippen MR) is 76.4 cm³/mol. The molecule has 0 unspecified atom stereocenters. The number of hydrogen-bond donors (Lipinski definition) is 1. The summed E-state index contributed by atoms with van der Waals surface area (Å²) in [5.41, 5.74) is 0.999. The van der Waals surface area contributed by atoms with Crippen molar-refractivity contribution in [3.63, 3.8) is 0 Å². The van der Waals surface area contributed by atoms with Crippen molar-refractivity contribution in [2.75, 3.05) is 33.7 Å². The summed E-state index contributed by atoms with van der Waals surface area (Å²) in [6, 6.07) is 3.70. The number of fused-ring (bicyclic) bond motifs is 1. The van der Waals surface area contributed by atoms with Gasteiger partial charge in [0, 0.05) is 19.1 Å². The second kappa shape index (κ2) is 6.41. The number of ether oxygens (including phenoxy) is 4. The average molecular weight is 309 g/mol. The van der Waals surface area contributed by atoms with E-state index in [2.05, 4.69) is 4.90 Å². The average Bonchev–Trinajstić information content (AvgIpc) is 2.96. The fraction of sp³-hybridized carbons (Fsp3) is 0.533. The molecular weight excluding hydrogens is 290 g/mol. The second-order valence-corrected chi connectivity index (χ2v) is 5.33. The van der Waals surface area contributed by atoms with E-state index in [1.807, 2.05) is 12.1 Å². The lowest BCUT2D eigenvalue weighted by Gasteiger charge is -2.34. The van der Waals surface area contributed by atoms with Crippen LogP contribution in [0.2, 0.25) is 0 Å². The van der Waals surface area contributed by atoms with Gasteiger partial charge in [0.05, 0.1) is 26.7 Å². The summed E-state index contributed by atoms with van der Waals surface area (Å²) in [6.07, 6.45) is 0.0711. The van der Waals surface area contributed by atoms with E-state index in [0.717, 1.165) is 5.56 Å². The van der Waals surface area contributed by atoms with Crippen molar-refractivity contribution in [2.45, 2.75) is 19.0 Å². The Kier molecular flexibility index (Phi) is 4.35. The van der Waals surface area contributed by atoms with Gasteiger partial charge in [-0.3, -0.25) is 9.69 Å². The fourth-order valence-corrected chi connectivity index (χ4v) is 2.80. The highest BCUT2D eigenvalue weighted by Gasteiger charge is 2.27. The zero-order valence-corrected chi connectivity index (χ0v) is 12.4. The molecule has 0 spiro atoms. The van der Waals surface area contributed by atoms with E-state index in [1.54, 1.807) is 7.11 Å². The topological polar surface area (TPSA) is 77.5 Å². The van der Waals surface area contributed by atoms with Gasteiger partial charge in [-0.2, -0.15) is 0 Å². The molecule has 3 rings (SSSR count). The molecule has 7 nitrogen and oxygen atoms in total. The summed E-state index contributed by atoms with van der Waals surface area (Å²) < 4.78 is 21.5. The van der Waals surface area contributed by atoms with Crippen LogP contribution in [0.5, 0.6) is 17.2 Å². The highest BCUT2D eigenvalue weighted by Crippen LogP contribution is 2.42. The standard InChI is InChI=1S/C15H19NO6/c1-19-12-4-10(5-13-15(12)22-9-21-13)7-16-2-3-20-8-11(16)6-14(17)18/h4-5,11H,2-3,6-9H2,1H3,(H,17,18)/t11-/m0/s1. The molecule has 0 bridgehead atoms. The summed E-state index contributed by atoms with van der Waals surface area (Å²) in [5.74, 6) is 1.10. The first-order valence-electron chi connectivity index (χ1n) is 7.17. The summed E-state index contributed by atoms with van der Waals surface area (Å²) in [5, 5.41) is 9.02. The minimum absolute atomic E-state index is 0.0711. The summed E-state index contributed by atoms with van der Waals surface area (Å²) in [4.78, 5) is 13.1. The van der Waals surface area contributed by atoms with Gasteiger partial charge in [0.15, 0.2) is 11.5 Å². The van der Waals surface area contributed by atoms with Gasteiger partial charge in [-0.25, -0.2) is 0 Å². The van der Waals surface area contributed by atoms with Crippen LogP contribution in [-0.4, -0.2) is 55.7 Å². The van der Waals surface area contributed by atoms with Crippen LogP contribution in [0.25, 0.3) is 0 Å². The Hall–Kier alpha value is -1.99. The van der Waals surface area contributed by atoms with Crippen LogP contribution in [0.3, 0.4) is 0 Å². The van der Waals surface area contributed by atoms with Crippen molar-refractivity contribution < 1.29 is 28.8 Å². The van der Waals surface area contributed by atoms with Gasteiger partial charge >= 0.3 is 5.97 Å². The third-order valence-electron chi connectivity index (χ3n) is 3.86. The van der Waals surface area contributed by atoms with Crippen LogP contribution in [0.15, 0.2) is 12.1 Å². The monoisotopic (exact) mass is 309 g/mol. The number of nitrogens with zero attached hydrogens (tertiary/aromatic N) is 1. The molecule has 1 fully saturated rings. The molecule has 0 aliphatic carbocycles. The number of benzene rings is 1. The summed E-state index contributed by atoms with van der Waals surface area (Å²) in [7, 11) is 1.59. The molecular formula is C15H19NO6. The summed E-state index contributed by atoms with van der Waals surface area (Å²) in [6.45, 7) is 2.56. The molecule has 120 valence electrons. The Morgan fingerprint density at radius 2 is 2.32 bits per heavy atom. The molecule has 22 heavy (non-hydrogen) atoms. The molecule has 0 radical (unpaired) electrons. The van der Waals surface area contributed by atoms with Crippen LogP contribution in [0, 0.1) is 0 Å². The first-order chi connectivity index (χ1) is 10.7. The van der Waals surface area contributed by atoms with Crippen molar-refractivity contribution in [3.8, 4) is 17.2 Å². The quantitative estimate of drug-likeness (QED) is 0.872. The van der Waals surface area contributed by atoms with Crippen LogP contribution < -0.4 is 14.2 Å². The zero-order valence-electron chi connectivity index (χ0n) is 12.4. The summed E-state index contributed by atoms with van der Waals surface area (Å²) >= 11 is 0. The Morgan fingerprint density at radius 1 is 1.45 bits per heavy atom. The Balaban J connectivity index is 1.78. The lowest BCUT2D eigenvalue weighted by Crippen LogP contribution is -2.45. The molecule has 0 aromatic heterocycles. The fourth-order valence-electron chi connectivity index (χ4n) is 2.80. The van der Waals surface area contributed by atoms with Crippen molar-refractivity contribution >= 4 is 5.97 Å². The van der Waals surface area contributed by atoms with E-state index < -0.39 is 5.97 Å². The molecule has 1 N–H and O–H groups in total. The maximum absolute atomic E-state index is 11.0. The molecule has 1 atom stereocenters. The number of carboxylic acids is 1. The van der Waals surface area contributed by atoms with E-state index in [4.69, 9.17) is 24.1 Å². The van der Waals surface area contributed by atoms with Gasteiger partial charge < -0.3 is 24.1 Å². The van der Waals surface area contributed by atoms with Crippen molar-refractivity contribution in [3.05, 3.63) is 17.7 Å². The molecule has 1 aromatic carbocycles. The molecule has 0 amide bonds. The van der Waals surface area contributed by atoms with Gasteiger partial charge in [-0.05, 0) is 17.7 Å². The van der Waals surface area contributed by atoms with E-state index >= 15 is 0 Å². The molecule has 1 aromatic rings. The first kappa shape index (κ1) is 14.9. The van der Waals surface area contributed by atoms with Crippen molar-refractivity contribution in [2.24, 2.45) is 0 Å². The highest BCUT2D eigenvalue weighted by atomic mass is 16.7. The van der Waals surface area contributed by atoms with Gasteiger partial charge in [-0.1, -0.05) is 0 Å². The van der Waals surface area contributed by atoms with Gasteiger partial charge in [0.1, 0.15) is 0 Å². The number of aliphatic carboxylic acids is 1. The van der Waals surface area contributed by atoms with Crippen LogP contribution in [-0.2, 0) is 16.1 Å². The Morgan fingerprint density at radius 3 is 3.09 bits per heavy atom. The van der Waals surface area contributed by atoms with E-state index in [1.165, 1.54) is 0 Å². The zero-order chi connectivity index (χ0) is 15.5. The third-order valence-corrected chi connectivity index (χ3v) is 3.86. The van der Waals surface area contributed by atoms with Crippen LogP contribution in [0.4, 0.5) is 0 Å². The molecule has 2 aliphatic rings. The maximum Gasteiger partial charge on any atom is 0.305 e. The normalized spacial score (nSPS) is 20.9. The number of hydrogen-bond acceptors (Lipinski definition) is 6. The van der Waals surface area contributed by atoms with E-state index in [-0.39, 0.29) is 19.3 Å². The highest BCUT2D eigenvalue weighted by molar-refractivity contribution is 5.67. The lowest BCUT2D eigenvalue weighted by atomic mass is 10.1. The number of carbonyl (C=O) groups is 1. The van der Waals surface area contributed by atoms with E-state index in [0.29, 0.717) is 43.6 Å².